The number of aldehydes is 1. The van der Waals surface area contributed by atoms with Gasteiger partial charge in [0.15, 0.2) is 18.1 Å². The second-order valence-electron chi connectivity index (χ2n) is 11.5. The highest BCUT2D eigenvalue weighted by Crippen LogP contribution is 2.25. The van der Waals surface area contributed by atoms with Crippen molar-refractivity contribution in [1.29, 1.82) is 0 Å². The number of hydrogen-bond acceptors (Lipinski definition) is 10. The average molecular weight is 598 g/mol. The second kappa shape index (κ2) is 14.0. The van der Waals surface area contributed by atoms with Gasteiger partial charge in [-0.15, -0.1) is 0 Å². The van der Waals surface area contributed by atoms with Crippen molar-refractivity contribution in [1.82, 2.24) is 14.7 Å². The van der Waals surface area contributed by atoms with Crippen LogP contribution >= 0.6 is 0 Å². The maximum atomic E-state index is 12.5. The van der Waals surface area contributed by atoms with Gasteiger partial charge < -0.3 is 18.9 Å². The van der Waals surface area contributed by atoms with Gasteiger partial charge in [-0.3, -0.25) is 9.59 Å². The standard InChI is InChI=1S/C28H43N3O9S/c1-6-7-16-41(35,36)29-28(20-32,37-5)17-21-8-10-23(11-9-21)38-19-24-18-31(26(34)39-24)30-14-12-22(13-15-30)25(33)40-27(2,3)4/h8-11,20,22,24,29H,6-7,12-19H2,1-5H3. The average Bonchev–Trinajstić information content (AvgIpc) is 3.30. The molecule has 0 radical (unpaired) electrons. The van der Waals surface area contributed by atoms with E-state index in [1.54, 1.807) is 29.3 Å². The zero-order chi connectivity index (χ0) is 30.3. The molecule has 2 aliphatic heterocycles. The van der Waals surface area contributed by atoms with Crippen molar-refractivity contribution < 1.29 is 41.7 Å². The summed E-state index contributed by atoms with van der Waals surface area (Å²) in [7, 11) is -2.42. The first kappa shape index (κ1) is 32.8. The van der Waals surface area contributed by atoms with Gasteiger partial charge in [-0.1, -0.05) is 25.5 Å². The first-order chi connectivity index (χ1) is 19.3. The van der Waals surface area contributed by atoms with Crippen molar-refractivity contribution in [2.45, 2.75) is 77.2 Å². The molecule has 0 saturated carbocycles. The van der Waals surface area contributed by atoms with E-state index >= 15 is 0 Å². The summed E-state index contributed by atoms with van der Waals surface area (Å²) in [5, 5.41) is 3.47. The Bertz CT molecular complexity index is 1150. The highest BCUT2D eigenvalue weighted by Gasteiger charge is 2.39. The van der Waals surface area contributed by atoms with E-state index in [9.17, 15) is 22.8 Å². The summed E-state index contributed by atoms with van der Waals surface area (Å²) in [4.78, 5) is 36.7. The van der Waals surface area contributed by atoms with E-state index in [0.29, 0.717) is 62.9 Å². The third-order valence-electron chi connectivity index (χ3n) is 6.88. The predicted molar refractivity (Wildman–Crippen MR) is 150 cm³/mol. The topological polar surface area (TPSA) is 141 Å². The SMILES string of the molecule is CCCCS(=O)(=O)NC(C=O)(Cc1ccc(OCC2CN(N3CCC(C(=O)OC(C)(C)C)CC3)C(=O)O2)cc1)OC. The van der Waals surface area contributed by atoms with Crippen molar-refractivity contribution in [3.63, 3.8) is 0 Å². The summed E-state index contributed by atoms with van der Waals surface area (Å²) in [6.07, 6.45) is 1.91. The summed E-state index contributed by atoms with van der Waals surface area (Å²) < 4.78 is 49.3. The molecule has 2 aliphatic rings. The number of unbranched alkanes of at least 4 members (excludes halogenated alkanes) is 1. The van der Waals surface area contributed by atoms with Crippen LogP contribution in [0.3, 0.4) is 0 Å². The molecular weight excluding hydrogens is 554 g/mol. The van der Waals surface area contributed by atoms with Gasteiger partial charge in [-0.05, 0) is 57.7 Å². The molecule has 2 fully saturated rings. The molecule has 3 rings (SSSR count). The van der Waals surface area contributed by atoms with Gasteiger partial charge in [0.05, 0.1) is 18.2 Å². The second-order valence-corrected chi connectivity index (χ2v) is 13.3. The number of methoxy groups -OCH3 is 1. The number of carbonyl (C=O) groups is 3. The molecular formula is C28H43N3O9S. The smallest absolute Gasteiger partial charge is 0.425 e. The lowest BCUT2D eigenvalue weighted by atomic mass is 9.97. The number of benzene rings is 1. The van der Waals surface area contributed by atoms with Crippen LogP contribution in [-0.2, 0) is 40.2 Å². The molecule has 1 N–H and O–H groups in total. The van der Waals surface area contributed by atoms with Crippen LogP contribution in [0.2, 0.25) is 0 Å². The minimum atomic E-state index is -3.70. The van der Waals surface area contributed by atoms with Crippen molar-refractivity contribution >= 4 is 28.4 Å². The molecule has 2 heterocycles. The van der Waals surface area contributed by atoms with Crippen molar-refractivity contribution in [3.8, 4) is 5.75 Å². The zero-order valence-corrected chi connectivity index (χ0v) is 25.4. The molecule has 230 valence electrons. The fourth-order valence-electron chi connectivity index (χ4n) is 4.66. The van der Waals surface area contributed by atoms with Gasteiger partial charge in [0.1, 0.15) is 18.0 Å². The Morgan fingerprint density at radius 3 is 2.39 bits per heavy atom. The van der Waals surface area contributed by atoms with Gasteiger partial charge in [0.2, 0.25) is 10.0 Å². The number of rotatable bonds is 14. The number of hydrazine groups is 1. The minimum absolute atomic E-state index is 0.00154. The molecule has 1 aromatic rings. The van der Waals surface area contributed by atoms with Crippen LogP contribution in [0.5, 0.6) is 5.75 Å². The number of sulfonamides is 1. The fourth-order valence-corrected chi connectivity index (χ4v) is 6.16. The highest BCUT2D eigenvalue weighted by atomic mass is 32.2. The lowest BCUT2D eigenvalue weighted by Crippen LogP contribution is -2.53. The van der Waals surface area contributed by atoms with E-state index in [2.05, 4.69) is 4.72 Å². The molecule has 2 saturated heterocycles. The molecule has 0 aliphatic carbocycles. The Labute approximate surface area is 242 Å². The molecule has 2 unspecified atom stereocenters. The molecule has 2 atom stereocenters. The highest BCUT2D eigenvalue weighted by molar-refractivity contribution is 7.89. The summed E-state index contributed by atoms with van der Waals surface area (Å²) in [5.74, 6) is 0.0424. The van der Waals surface area contributed by atoms with Crippen LogP contribution in [0.1, 0.15) is 58.9 Å². The molecule has 1 aromatic carbocycles. The first-order valence-electron chi connectivity index (χ1n) is 14.0. The van der Waals surface area contributed by atoms with Crippen molar-refractivity contribution in [2.75, 3.05) is 39.1 Å². The fraction of sp³-hybridized carbons (Fsp3) is 0.679. The normalized spacial score (nSPS) is 20.4. The molecule has 1 amide bonds. The van der Waals surface area contributed by atoms with E-state index in [4.69, 9.17) is 18.9 Å². The number of ether oxygens (including phenoxy) is 4. The first-order valence-corrected chi connectivity index (χ1v) is 15.6. The van der Waals surface area contributed by atoms with Crippen LogP contribution < -0.4 is 9.46 Å². The summed E-state index contributed by atoms with van der Waals surface area (Å²) in [6.45, 7) is 8.99. The summed E-state index contributed by atoms with van der Waals surface area (Å²) in [6, 6.07) is 6.83. The lowest BCUT2D eigenvalue weighted by molar-refractivity contribution is -0.162. The van der Waals surface area contributed by atoms with Gasteiger partial charge in [0.25, 0.3) is 0 Å². The summed E-state index contributed by atoms with van der Waals surface area (Å²) >= 11 is 0. The molecule has 0 bridgehead atoms. The molecule has 0 spiro atoms. The van der Waals surface area contributed by atoms with Gasteiger partial charge in [-0.2, -0.15) is 4.72 Å². The van der Waals surface area contributed by atoms with Crippen LogP contribution in [0.25, 0.3) is 0 Å². The number of carbonyl (C=O) groups excluding carboxylic acids is 3. The van der Waals surface area contributed by atoms with Crippen LogP contribution in [0.15, 0.2) is 24.3 Å². The number of cyclic esters (lactones) is 1. The van der Waals surface area contributed by atoms with Crippen molar-refractivity contribution in [2.24, 2.45) is 5.92 Å². The predicted octanol–water partition coefficient (Wildman–Crippen LogP) is 2.66. The van der Waals surface area contributed by atoms with Crippen LogP contribution in [-0.4, -0.2) is 93.3 Å². The van der Waals surface area contributed by atoms with Crippen LogP contribution in [0, 0.1) is 5.92 Å². The number of esters is 1. The maximum Gasteiger partial charge on any atom is 0.425 e. The monoisotopic (exact) mass is 597 g/mol. The molecule has 0 aromatic heterocycles. The Morgan fingerprint density at radius 1 is 1.17 bits per heavy atom. The van der Waals surface area contributed by atoms with Crippen LogP contribution in [0.4, 0.5) is 4.79 Å². The third kappa shape index (κ3) is 9.66. The Hall–Kier alpha value is -2.74. The number of nitrogens with zero attached hydrogens (tertiary/aromatic N) is 2. The van der Waals surface area contributed by atoms with Gasteiger partial charge in [0, 0.05) is 26.6 Å². The van der Waals surface area contributed by atoms with E-state index in [1.165, 1.54) is 7.11 Å². The van der Waals surface area contributed by atoms with E-state index in [1.807, 2.05) is 32.7 Å². The van der Waals surface area contributed by atoms with E-state index < -0.39 is 33.5 Å². The maximum absolute atomic E-state index is 12.5. The number of amides is 1. The Kier molecular flexibility index (Phi) is 11.1. The van der Waals surface area contributed by atoms with Gasteiger partial charge in [-0.25, -0.2) is 23.2 Å². The minimum Gasteiger partial charge on any atom is -0.490 e. The number of piperidine rings is 1. The third-order valence-corrected chi connectivity index (χ3v) is 8.37. The van der Waals surface area contributed by atoms with E-state index in [-0.39, 0.29) is 30.7 Å². The number of hydrogen-bond donors (Lipinski definition) is 1. The lowest BCUT2D eigenvalue weighted by Gasteiger charge is -2.36. The zero-order valence-electron chi connectivity index (χ0n) is 24.6. The van der Waals surface area contributed by atoms with Crippen molar-refractivity contribution in [3.05, 3.63) is 29.8 Å². The largest absolute Gasteiger partial charge is 0.490 e. The number of nitrogens with one attached hydrogen (secondary N) is 1. The van der Waals surface area contributed by atoms with Gasteiger partial charge >= 0.3 is 12.1 Å². The Morgan fingerprint density at radius 2 is 1.83 bits per heavy atom. The molecule has 13 heteroatoms. The Balaban J connectivity index is 1.49. The quantitative estimate of drug-likeness (QED) is 0.193. The molecule has 12 nitrogen and oxygen atoms in total. The molecule has 41 heavy (non-hydrogen) atoms. The summed E-state index contributed by atoms with van der Waals surface area (Å²) in [5.41, 5.74) is -1.57. The van der Waals surface area contributed by atoms with E-state index in [0.717, 1.165) is 0 Å².